The largest absolute Gasteiger partial charge is 0.338 e. The van der Waals surface area contributed by atoms with E-state index < -0.39 is 0 Å². The predicted molar refractivity (Wildman–Crippen MR) is 121 cm³/mol. The third-order valence-corrected chi connectivity index (χ3v) is 5.59. The number of carbonyl (C=O) groups excluding carboxylic acids is 1. The quantitative estimate of drug-likeness (QED) is 0.533. The van der Waals surface area contributed by atoms with Gasteiger partial charge in [0.1, 0.15) is 0 Å². The summed E-state index contributed by atoms with van der Waals surface area (Å²) in [5.74, 6) is 1.66. The van der Waals surface area contributed by atoms with Crippen molar-refractivity contribution in [3.63, 3.8) is 0 Å². The third-order valence-electron chi connectivity index (χ3n) is 4.72. The Morgan fingerprint density at radius 3 is 2.48 bits per heavy atom. The Balaban J connectivity index is 1.58. The summed E-state index contributed by atoms with van der Waals surface area (Å²) in [5.41, 5.74) is 1.70. The number of nitrogens with zero attached hydrogens (tertiary/aromatic N) is 6. The van der Waals surface area contributed by atoms with E-state index in [9.17, 15) is 4.79 Å². The molecule has 0 spiro atoms. The number of hydrogen-bond acceptors (Lipinski definition) is 9. The Kier molecular flexibility index (Phi) is 6.33. The lowest BCUT2D eigenvalue weighted by molar-refractivity contribution is -0.114. The van der Waals surface area contributed by atoms with E-state index in [1.807, 2.05) is 37.3 Å². The summed E-state index contributed by atoms with van der Waals surface area (Å²) in [5, 5.41) is 13.6. The van der Waals surface area contributed by atoms with Crippen LogP contribution in [-0.4, -0.2) is 69.2 Å². The molecule has 3 aromatic rings. The molecular formula is C20H25N9OS. The number of H-pyrrole nitrogens is 1. The maximum Gasteiger partial charge on any atom is 0.234 e. The minimum atomic E-state index is -0.0981. The van der Waals surface area contributed by atoms with Crippen LogP contribution in [-0.2, 0) is 4.79 Å². The molecule has 0 radical (unpaired) electrons. The monoisotopic (exact) mass is 439 g/mol. The molecule has 1 saturated heterocycles. The first kappa shape index (κ1) is 21.1. The zero-order chi connectivity index (χ0) is 21.8. The lowest BCUT2D eigenvalue weighted by atomic mass is 10.3. The number of hydrogen-bond donors (Lipinski definition) is 3. The van der Waals surface area contributed by atoms with Crippen LogP contribution < -0.4 is 15.5 Å². The molecule has 0 saturated carbocycles. The highest BCUT2D eigenvalue weighted by Gasteiger charge is 2.19. The summed E-state index contributed by atoms with van der Waals surface area (Å²) < 4.78 is 0. The Bertz CT molecular complexity index is 1050. The number of aromatic nitrogens is 5. The number of benzene rings is 1. The van der Waals surface area contributed by atoms with Gasteiger partial charge in [-0.25, -0.2) is 0 Å². The molecule has 3 heterocycles. The Hall–Kier alpha value is -3.18. The first-order valence-corrected chi connectivity index (χ1v) is 10.8. The summed E-state index contributed by atoms with van der Waals surface area (Å²) in [7, 11) is 2.11. The minimum absolute atomic E-state index is 0.0981. The summed E-state index contributed by atoms with van der Waals surface area (Å²) in [6, 6.07) is 9.47. The summed E-state index contributed by atoms with van der Waals surface area (Å²) in [4.78, 5) is 30.6. The van der Waals surface area contributed by atoms with Gasteiger partial charge < -0.3 is 20.4 Å². The van der Waals surface area contributed by atoms with Gasteiger partial charge in [-0.05, 0) is 50.0 Å². The lowest BCUT2D eigenvalue weighted by Gasteiger charge is -2.32. The van der Waals surface area contributed by atoms with Crippen LogP contribution in [0.5, 0.6) is 0 Å². The molecule has 0 bridgehead atoms. The number of rotatable bonds is 6. The van der Waals surface area contributed by atoms with Crippen molar-refractivity contribution in [3.8, 4) is 0 Å². The zero-order valence-corrected chi connectivity index (χ0v) is 18.5. The normalized spacial score (nSPS) is 14.5. The van der Waals surface area contributed by atoms with Crippen molar-refractivity contribution in [2.45, 2.75) is 23.9 Å². The van der Waals surface area contributed by atoms with E-state index in [4.69, 9.17) is 4.98 Å². The van der Waals surface area contributed by atoms with Crippen LogP contribution in [0.4, 0.5) is 23.4 Å². The van der Waals surface area contributed by atoms with Crippen molar-refractivity contribution in [1.29, 1.82) is 0 Å². The number of aromatic amines is 1. The van der Waals surface area contributed by atoms with Crippen LogP contribution in [0.15, 0.2) is 40.4 Å². The van der Waals surface area contributed by atoms with Crippen molar-refractivity contribution < 1.29 is 4.79 Å². The maximum absolute atomic E-state index is 11.2. The van der Waals surface area contributed by atoms with Gasteiger partial charge in [-0.2, -0.15) is 20.1 Å². The Morgan fingerprint density at radius 2 is 1.84 bits per heavy atom. The van der Waals surface area contributed by atoms with E-state index in [2.05, 4.69) is 47.6 Å². The fourth-order valence-corrected chi connectivity index (χ4v) is 3.85. The number of piperazine rings is 1. The van der Waals surface area contributed by atoms with Crippen LogP contribution in [0.3, 0.4) is 0 Å². The standard InChI is InChI=1S/C20H25N9OS/c1-13-12-17(27-26-13)22-18-23-19(29-10-8-28(3)9-11-29)25-20(24-18)31-16-6-4-15(5-7-16)21-14(2)30/h4-7,12H,8-11H2,1-3H3,(H,21,30)(H2,22,23,24,25,26,27). The van der Waals surface area contributed by atoms with Crippen molar-refractivity contribution >= 4 is 41.1 Å². The Morgan fingerprint density at radius 1 is 1.10 bits per heavy atom. The van der Waals surface area contributed by atoms with Crippen molar-refractivity contribution in [2.24, 2.45) is 0 Å². The Labute approximate surface area is 184 Å². The predicted octanol–water partition coefficient (Wildman–Crippen LogP) is 2.51. The van der Waals surface area contributed by atoms with Crippen LogP contribution in [0.25, 0.3) is 0 Å². The summed E-state index contributed by atoms with van der Waals surface area (Å²) in [6.07, 6.45) is 0. The first-order chi connectivity index (χ1) is 14.9. The van der Waals surface area contributed by atoms with Crippen molar-refractivity contribution in [2.75, 3.05) is 48.8 Å². The van der Waals surface area contributed by atoms with Crippen LogP contribution in [0, 0.1) is 6.92 Å². The average molecular weight is 440 g/mol. The maximum atomic E-state index is 11.2. The molecule has 1 fully saturated rings. The van der Waals surface area contributed by atoms with E-state index in [1.54, 1.807) is 0 Å². The molecule has 0 aliphatic carbocycles. The second-order valence-corrected chi connectivity index (χ2v) is 8.44. The molecule has 2 aromatic heterocycles. The SMILES string of the molecule is CC(=O)Nc1ccc(Sc2nc(Nc3cc(C)[nH]n3)nc(N3CCN(C)CC3)n2)cc1. The molecule has 11 heteroatoms. The molecule has 1 amide bonds. The molecule has 0 unspecified atom stereocenters. The van der Waals surface area contributed by atoms with Gasteiger partial charge >= 0.3 is 0 Å². The highest BCUT2D eigenvalue weighted by atomic mass is 32.2. The lowest BCUT2D eigenvalue weighted by Crippen LogP contribution is -2.45. The number of likely N-dealkylation sites (N-methyl/N-ethyl adjacent to an activating group) is 1. The molecular weight excluding hydrogens is 414 g/mol. The molecule has 1 aliphatic heterocycles. The fourth-order valence-electron chi connectivity index (χ4n) is 3.11. The molecule has 10 nitrogen and oxygen atoms in total. The third kappa shape index (κ3) is 5.70. The van der Waals surface area contributed by atoms with E-state index in [0.717, 1.165) is 42.5 Å². The smallest absolute Gasteiger partial charge is 0.234 e. The second-order valence-electron chi connectivity index (χ2n) is 7.40. The number of amides is 1. The van der Waals surface area contributed by atoms with E-state index in [1.165, 1.54) is 18.7 Å². The van der Waals surface area contributed by atoms with E-state index in [0.29, 0.717) is 22.9 Å². The first-order valence-electron chi connectivity index (χ1n) is 9.99. The van der Waals surface area contributed by atoms with E-state index >= 15 is 0 Å². The van der Waals surface area contributed by atoms with Gasteiger partial charge in [0.05, 0.1) is 0 Å². The second kappa shape index (κ2) is 9.31. The van der Waals surface area contributed by atoms with Crippen molar-refractivity contribution in [1.82, 2.24) is 30.0 Å². The zero-order valence-electron chi connectivity index (χ0n) is 17.7. The van der Waals surface area contributed by atoms with Gasteiger partial charge in [0.25, 0.3) is 0 Å². The highest BCUT2D eigenvalue weighted by Crippen LogP contribution is 2.28. The molecule has 3 N–H and O–H groups in total. The topological polar surface area (TPSA) is 115 Å². The highest BCUT2D eigenvalue weighted by molar-refractivity contribution is 7.99. The van der Waals surface area contributed by atoms with Crippen LogP contribution >= 0.6 is 11.8 Å². The number of anilines is 4. The van der Waals surface area contributed by atoms with Crippen LogP contribution in [0.1, 0.15) is 12.6 Å². The number of aryl methyl sites for hydroxylation is 1. The van der Waals surface area contributed by atoms with Crippen molar-refractivity contribution in [3.05, 3.63) is 36.0 Å². The summed E-state index contributed by atoms with van der Waals surface area (Å²) in [6.45, 7) is 7.06. The molecule has 1 aliphatic rings. The number of nitrogens with one attached hydrogen (secondary N) is 3. The van der Waals surface area contributed by atoms with Gasteiger partial charge in [-0.15, -0.1) is 0 Å². The van der Waals surface area contributed by atoms with Gasteiger partial charge in [-0.3, -0.25) is 9.89 Å². The van der Waals surface area contributed by atoms with Gasteiger partial charge in [0.15, 0.2) is 11.0 Å². The van der Waals surface area contributed by atoms with Crippen LogP contribution in [0.2, 0.25) is 0 Å². The van der Waals surface area contributed by atoms with E-state index in [-0.39, 0.29) is 5.91 Å². The number of carbonyl (C=O) groups is 1. The molecule has 4 rings (SSSR count). The fraction of sp³-hybridized carbons (Fsp3) is 0.350. The molecule has 162 valence electrons. The average Bonchev–Trinajstić information content (AvgIpc) is 3.14. The molecule has 1 aromatic carbocycles. The molecule has 0 atom stereocenters. The minimum Gasteiger partial charge on any atom is -0.338 e. The summed E-state index contributed by atoms with van der Waals surface area (Å²) >= 11 is 1.44. The van der Waals surface area contributed by atoms with Gasteiger partial charge in [0.2, 0.25) is 17.8 Å². The van der Waals surface area contributed by atoms with Gasteiger partial charge in [0, 0.05) is 55.4 Å². The molecule has 31 heavy (non-hydrogen) atoms. The van der Waals surface area contributed by atoms with Gasteiger partial charge in [-0.1, -0.05) is 0 Å².